The lowest BCUT2D eigenvalue weighted by molar-refractivity contribution is -0.274. The molecule has 1 aromatic rings. The van der Waals surface area contributed by atoms with E-state index >= 15 is 0 Å². The van der Waals surface area contributed by atoms with Crippen LogP contribution in [0.3, 0.4) is 0 Å². The number of aryl methyl sites for hydroxylation is 1. The Labute approximate surface area is 124 Å². The van der Waals surface area contributed by atoms with E-state index in [0.717, 1.165) is 12.1 Å². The van der Waals surface area contributed by atoms with Crippen LogP contribution < -0.4 is 15.6 Å². The molecule has 6 nitrogen and oxygen atoms in total. The van der Waals surface area contributed by atoms with Gasteiger partial charge in [0.2, 0.25) is 5.91 Å². The number of amides is 2. The van der Waals surface area contributed by atoms with Crippen LogP contribution in [0, 0.1) is 0 Å². The first kappa shape index (κ1) is 17.6. The Balaban J connectivity index is 2.35. The number of nitrogens with one attached hydrogen (secondary N) is 2. The monoisotopic (exact) mass is 320 g/mol. The molecule has 0 aliphatic rings. The predicted molar refractivity (Wildman–Crippen MR) is 69.7 cm³/mol. The number of hydrazine groups is 1. The lowest BCUT2D eigenvalue weighted by atomic mass is 10.1. The van der Waals surface area contributed by atoms with Gasteiger partial charge in [0.1, 0.15) is 5.75 Å². The zero-order valence-electron chi connectivity index (χ0n) is 11.7. The third kappa shape index (κ3) is 7.36. The number of hydrogen-bond acceptors (Lipinski definition) is 4. The fraction of sp³-hybridized carbons (Fsp3) is 0.385. The average Bonchev–Trinajstić information content (AvgIpc) is 2.43. The van der Waals surface area contributed by atoms with Crippen molar-refractivity contribution in [1.29, 1.82) is 0 Å². The molecule has 0 radical (unpaired) electrons. The van der Waals surface area contributed by atoms with Crippen LogP contribution in [0.1, 0.15) is 18.9 Å². The minimum atomic E-state index is -4.74. The van der Waals surface area contributed by atoms with Crippen molar-refractivity contribution in [2.24, 2.45) is 0 Å². The summed E-state index contributed by atoms with van der Waals surface area (Å²) >= 11 is 0. The van der Waals surface area contributed by atoms with Crippen LogP contribution in [0.2, 0.25) is 0 Å². The van der Waals surface area contributed by atoms with E-state index in [1.165, 1.54) is 12.1 Å². The second-order valence-corrected chi connectivity index (χ2v) is 4.09. The van der Waals surface area contributed by atoms with Crippen LogP contribution in [0.25, 0.3) is 0 Å². The lowest BCUT2D eigenvalue weighted by Gasteiger charge is -2.09. The number of ether oxygens (including phenoxy) is 2. The molecule has 122 valence electrons. The molecule has 0 saturated carbocycles. The van der Waals surface area contributed by atoms with Crippen molar-refractivity contribution in [3.05, 3.63) is 29.8 Å². The number of halogens is 3. The van der Waals surface area contributed by atoms with Gasteiger partial charge >= 0.3 is 12.5 Å². The highest BCUT2D eigenvalue weighted by molar-refractivity contribution is 5.79. The second-order valence-electron chi connectivity index (χ2n) is 4.09. The van der Waals surface area contributed by atoms with Gasteiger partial charge in [0.05, 0.1) is 6.61 Å². The zero-order chi connectivity index (χ0) is 16.6. The van der Waals surface area contributed by atoms with Crippen molar-refractivity contribution >= 4 is 12.0 Å². The summed E-state index contributed by atoms with van der Waals surface area (Å²) in [4.78, 5) is 22.3. The molecule has 0 heterocycles. The molecule has 0 saturated heterocycles. The van der Waals surface area contributed by atoms with Gasteiger partial charge in [0, 0.05) is 6.42 Å². The van der Waals surface area contributed by atoms with Crippen molar-refractivity contribution < 1.29 is 32.2 Å². The van der Waals surface area contributed by atoms with E-state index in [1.54, 1.807) is 6.92 Å². The van der Waals surface area contributed by atoms with Gasteiger partial charge < -0.3 is 9.47 Å². The van der Waals surface area contributed by atoms with Crippen LogP contribution in [-0.2, 0) is 16.0 Å². The van der Waals surface area contributed by atoms with Crippen molar-refractivity contribution in [2.75, 3.05) is 6.61 Å². The summed E-state index contributed by atoms with van der Waals surface area (Å²) in [5.41, 5.74) is 4.85. The normalized spacial score (nSPS) is 10.7. The maximum atomic E-state index is 12.0. The van der Waals surface area contributed by atoms with Gasteiger partial charge in [-0.2, -0.15) is 0 Å². The standard InChI is InChI=1S/C13H15F3N2O4/c1-2-21-12(20)18-17-11(19)8-5-9-3-6-10(7-4-9)22-13(14,15)16/h3-4,6-7H,2,5,8H2,1H3,(H,17,19)(H,18,20). The molecule has 0 aromatic heterocycles. The minimum absolute atomic E-state index is 0.0475. The number of carbonyl (C=O) groups excluding carboxylic acids is 2. The van der Waals surface area contributed by atoms with E-state index in [9.17, 15) is 22.8 Å². The molecule has 0 aliphatic heterocycles. The molecule has 2 N–H and O–H groups in total. The fourth-order valence-electron chi connectivity index (χ4n) is 1.47. The predicted octanol–water partition coefficient (Wildman–Crippen LogP) is 2.30. The molecular formula is C13H15F3N2O4. The Bertz CT molecular complexity index is 503. The Morgan fingerprint density at radius 2 is 1.77 bits per heavy atom. The molecule has 1 rings (SSSR count). The molecular weight excluding hydrogens is 305 g/mol. The summed E-state index contributed by atoms with van der Waals surface area (Å²) in [5, 5.41) is 0. The SMILES string of the molecule is CCOC(=O)NNC(=O)CCc1ccc(OC(F)(F)F)cc1. The number of carbonyl (C=O) groups is 2. The van der Waals surface area contributed by atoms with Crippen LogP contribution in [0.5, 0.6) is 5.75 Å². The first-order chi connectivity index (χ1) is 10.3. The molecule has 0 unspecified atom stereocenters. The zero-order valence-corrected chi connectivity index (χ0v) is 11.7. The highest BCUT2D eigenvalue weighted by Gasteiger charge is 2.30. The number of rotatable bonds is 5. The molecule has 2 amide bonds. The first-order valence-corrected chi connectivity index (χ1v) is 6.36. The lowest BCUT2D eigenvalue weighted by Crippen LogP contribution is -2.42. The Morgan fingerprint density at radius 3 is 2.32 bits per heavy atom. The van der Waals surface area contributed by atoms with Crippen molar-refractivity contribution in [3.8, 4) is 5.75 Å². The number of hydrogen-bond donors (Lipinski definition) is 2. The molecule has 0 fully saturated rings. The number of alkyl halides is 3. The van der Waals surface area contributed by atoms with Crippen LogP contribution in [0.4, 0.5) is 18.0 Å². The maximum absolute atomic E-state index is 12.0. The fourth-order valence-corrected chi connectivity index (χ4v) is 1.47. The third-order valence-electron chi connectivity index (χ3n) is 2.38. The topological polar surface area (TPSA) is 76.7 Å². The minimum Gasteiger partial charge on any atom is -0.449 e. The molecule has 0 atom stereocenters. The van der Waals surface area contributed by atoms with Crippen molar-refractivity contribution in [1.82, 2.24) is 10.9 Å². The van der Waals surface area contributed by atoms with Gasteiger partial charge in [-0.05, 0) is 31.0 Å². The van der Waals surface area contributed by atoms with E-state index in [2.05, 4.69) is 14.9 Å². The second kappa shape index (κ2) is 8.11. The van der Waals surface area contributed by atoms with Gasteiger partial charge in [0.15, 0.2) is 0 Å². The van der Waals surface area contributed by atoms with Gasteiger partial charge in [-0.15, -0.1) is 13.2 Å². The Kier molecular flexibility index (Phi) is 6.48. The highest BCUT2D eigenvalue weighted by atomic mass is 19.4. The highest BCUT2D eigenvalue weighted by Crippen LogP contribution is 2.22. The van der Waals surface area contributed by atoms with Gasteiger partial charge in [-0.25, -0.2) is 10.2 Å². The smallest absolute Gasteiger partial charge is 0.449 e. The summed E-state index contributed by atoms with van der Waals surface area (Å²) in [6, 6.07) is 5.18. The summed E-state index contributed by atoms with van der Waals surface area (Å²) in [6.45, 7) is 1.79. The molecule has 0 bridgehead atoms. The van der Waals surface area contributed by atoms with E-state index in [4.69, 9.17) is 0 Å². The summed E-state index contributed by atoms with van der Waals surface area (Å²) in [6.07, 6.45) is -5.17. The van der Waals surface area contributed by atoms with Gasteiger partial charge in [0.25, 0.3) is 0 Å². The quantitative estimate of drug-likeness (QED) is 0.816. The summed E-state index contributed by atoms with van der Waals surface area (Å²) in [7, 11) is 0. The summed E-state index contributed by atoms with van der Waals surface area (Å²) < 4.78 is 44.2. The average molecular weight is 320 g/mol. The summed E-state index contributed by atoms with van der Waals surface area (Å²) in [5.74, 6) is -0.784. The van der Waals surface area contributed by atoms with Gasteiger partial charge in [-0.1, -0.05) is 12.1 Å². The van der Waals surface area contributed by atoms with Crippen molar-refractivity contribution in [3.63, 3.8) is 0 Å². The van der Waals surface area contributed by atoms with E-state index < -0.39 is 18.4 Å². The molecule has 0 aliphatic carbocycles. The van der Waals surface area contributed by atoms with E-state index in [1.807, 2.05) is 5.43 Å². The van der Waals surface area contributed by atoms with Crippen LogP contribution >= 0.6 is 0 Å². The van der Waals surface area contributed by atoms with Crippen molar-refractivity contribution in [2.45, 2.75) is 26.1 Å². The van der Waals surface area contributed by atoms with E-state index in [-0.39, 0.29) is 18.8 Å². The molecule has 22 heavy (non-hydrogen) atoms. The molecule has 0 spiro atoms. The third-order valence-corrected chi connectivity index (χ3v) is 2.38. The number of benzene rings is 1. The van der Waals surface area contributed by atoms with E-state index in [0.29, 0.717) is 12.0 Å². The molecule has 1 aromatic carbocycles. The maximum Gasteiger partial charge on any atom is 0.573 e. The first-order valence-electron chi connectivity index (χ1n) is 6.36. The Morgan fingerprint density at radius 1 is 1.14 bits per heavy atom. The molecule has 9 heteroatoms. The largest absolute Gasteiger partial charge is 0.573 e. The van der Waals surface area contributed by atoms with Crippen LogP contribution in [0.15, 0.2) is 24.3 Å². The van der Waals surface area contributed by atoms with Crippen LogP contribution in [-0.4, -0.2) is 25.0 Å². The van der Waals surface area contributed by atoms with Gasteiger partial charge in [-0.3, -0.25) is 10.2 Å². The Hall–Kier alpha value is -2.45.